The maximum atomic E-state index is 13.7. The van der Waals surface area contributed by atoms with Gasteiger partial charge in [-0.05, 0) is 35.7 Å². The van der Waals surface area contributed by atoms with Gasteiger partial charge in [0.05, 0.1) is 26.9 Å². The van der Waals surface area contributed by atoms with Gasteiger partial charge in [0.1, 0.15) is 48.9 Å². The van der Waals surface area contributed by atoms with E-state index in [1.807, 2.05) is 79.7 Å². The molecule has 0 saturated carbocycles. The molecule has 0 aromatic heterocycles. The van der Waals surface area contributed by atoms with Crippen molar-refractivity contribution in [3.8, 4) is 5.75 Å². The van der Waals surface area contributed by atoms with Gasteiger partial charge in [0.15, 0.2) is 18.5 Å². The van der Waals surface area contributed by atoms with Crippen LogP contribution < -0.4 is 4.74 Å². The Morgan fingerprint density at radius 2 is 1.42 bits per heavy atom. The van der Waals surface area contributed by atoms with Gasteiger partial charge in [-0.3, -0.25) is 9.59 Å². The highest BCUT2D eigenvalue weighted by Gasteiger charge is 2.57. The predicted molar refractivity (Wildman–Crippen MR) is 201 cm³/mol. The van der Waals surface area contributed by atoms with E-state index in [0.29, 0.717) is 5.75 Å². The van der Waals surface area contributed by atoms with Crippen LogP contribution in [0, 0.1) is 6.92 Å². The van der Waals surface area contributed by atoms with Gasteiger partial charge in [-0.15, -0.1) is 6.58 Å². The van der Waals surface area contributed by atoms with Gasteiger partial charge < -0.3 is 47.4 Å². The number of esters is 3. The first-order valence-electron chi connectivity index (χ1n) is 18.3. The molecular formula is C41H47N3O13. The quantitative estimate of drug-likeness (QED) is 0.0403. The van der Waals surface area contributed by atoms with Gasteiger partial charge in [0, 0.05) is 18.8 Å². The molecule has 0 aliphatic carbocycles. The molecule has 2 heterocycles. The largest absolute Gasteiger partial charge is 0.467 e. The Hall–Kier alpha value is -5.32. The molecule has 2 aliphatic heterocycles. The molecule has 3 aromatic rings. The summed E-state index contributed by atoms with van der Waals surface area (Å²) in [5, 5.41) is 4.05. The van der Waals surface area contributed by atoms with E-state index < -0.39 is 79.3 Å². The number of hydrogen-bond donors (Lipinski definition) is 0. The minimum absolute atomic E-state index is 0.0328. The average Bonchev–Trinajstić information content (AvgIpc) is 3.21. The molecule has 0 amide bonds. The first-order valence-corrected chi connectivity index (χ1v) is 18.3. The van der Waals surface area contributed by atoms with Crippen LogP contribution in [-0.4, -0.2) is 99.6 Å². The van der Waals surface area contributed by atoms with Crippen LogP contribution in [0.2, 0.25) is 0 Å². The lowest BCUT2D eigenvalue weighted by atomic mass is 9.95. The summed E-state index contributed by atoms with van der Waals surface area (Å²) in [6.07, 6.45) is -10.2. The molecule has 0 N–H and O–H groups in total. The lowest BCUT2D eigenvalue weighted by Gasteiger charge is -2.48. The number of carbonyl (C=O) groups is 3. The molecule has 5 rings (SSSR count). The van der Waals surface area contributed by atoms with Gasteiger partial charge in [0.25, 0.3) is 0 Å². The third-order valence-corrected chi connectivity index (χ3v) is 9.02. The zero-order chi connectivity index (χ0) is 40.7. The van der Waals surface area contributed by atoms with E-state index in [1.54, 1.807) is 12.1 Å². The summed E-state index contributed by atoms with van der Waals surface area (Å²) in [5.41, 5.74) is 12.4. The zero-order valence-corrected chi connectivity index (χ0v) is 32.1. The van der Waals surface area contributed by atoms with Crippen molar-refractivity contribution in [3.63, 3.8) is 0 Å². The number of azide groups is 1. The topological polar surface area (TPSA) is 192 Å². The van der Waals surface area contributed by atoms with Crippen molar-refractivity contribution in [1.29, 1.82) is 0 Å². The molecule has 0 unspecified atom stereocenters. The van der Waals surface area contributed by atoms with Gasteiger partial charge >= 0.3 is 17.9 Å². The van der Waals surface area contributed by atoms with Crippen molar-refractivity contribution in [2.24, 2.45) is 5.11 Å². The number of rotatable bonds is 18. The Morgan fingerprint density at radius 1 is 0.789 bits per heavy atom. The third-order valence-electron chi connectivity index (χ3n) is 9.02. The van der Waals surface area contributed by atoms with Gasteiger partial charge in [-0.25, -0.2) is 4.79 Å². The number of carbonyl (C=O) groups excluding carboxylic acids is 3. The van der Waals surface area contributed by atoms with Crippen LogP contribution in [0.3, 0.4) is 0 Å². The normalized spacial score (nSPS) is 26.9. The minimum atomic E-state index is -1.58. The fourth-order valence-corrected chi connectivity index (χ4v) is 6.40. The third kappa shape index (κ3) is 11.8. The summed E-state index contributed by atoms with van der Waals surface area (Å²) >= 11 is 0. The van der Waals surface area contributed by atoms with E-state index in [0.717, 1.165) is 16.7 Å². The molecule has 3 aromatic carbocycles. The van der Waals surface area contributed by atoms with Crippen LogP contribution >= 0.6 is 0 Å². The average molecular weight is 790 g/mol. The second-order valence-electron chi connectivity index (χ2n) is 13.2. The van der Waals surface area contributed by atoms with E-state index in [9.17, 15) is 19.9 Å². The van der Waals surface area contributed by atoms with Crippen LogP contribution in [0.4, 0.5) is 0 Å². The number of nitrogens with zero attached hydrogens (tertiary/aromatic N) is 3. The second kappa shape index (κ2) is 21.3. The van der Waals surface area contributed by atoms with Crippen LogP contribution in [0.1, 0.15) is 30.5 Å². The molecule has 10 atom stereocenters. The van der Waals surface area contributed by atoms with E-state index in [4.69, 9.17) is 47.4 Å². The summed E-state index contributed by atoms with van der Waals surface area (Å²) < 4.78 is 61.0. The Morgan fingerprint density at radius 3 is 1.98 bits per heavy atom. The second-order valence-corrected chi connectivity index (χ2v) is 13.2. The van der Waals surface area contributed by atoms with E-state index in [1.165, 1.54) is 27.0 Å². The maximum Gasteiger partial charge on any atom is 0.338 e. The minimum Gasteiger partial charge on any atom is -0.467 e. The van der Waals surface area contributed by atoms with Crippen molar-refractivity contribution >= 4 is 17.9 Å². The van der Waals surface area contributed by atoms with Gasteiger partial charge in [-0.1, -0.05) is 89.6 Å². The smallest absolute Gasteiger partial charge is 0.338 e. The summed E-state index contributed by atoms with van der Waals surface area (Å²) in [7, 11) is 1.17. The fraction of sp³-hybridized carbons (Fsp3) is 0.439. The molecule has 2 fully saturated rings. The standard InChI is InChI=1S/C41H47N3O13/c1-6-21-49-33-31(24-50-26(3)45)55-40(32(43-44-42)34(33)51-22-28-13-9-7-10-14-28)56-36-35(52-23-29-15-11-8-12-16-29)38(53-27(4)46)41(57-37(36)39(47)48-5)54-30-19-17-25(2)18-20-30/h6-20,31-38,40-41H,1,21-24H2,2-5H3/t31-,32-,33-,34-,35+,36+,37+,38-,40-,41-/m1/s1. The molecule has 2 saturated heterocycles. The number of methoxy groups -OCH3 is 1. The van der Waals surface area contributed by atoms with Crippen molar-refractivity contribution in [2.45, 2.75) is 95.3 Å². The molecule has 0 radical (unpaired) electrons. The predicted octanol–water partition coefficient (Wildman–Crippen LogP) is 5.30. The number of ether oxygens (including phenoxy) is 10. The highest BCUT2D eigenvalue weighted by Crippen LogP contribution is 2.36. The Labute approximate surface area is 330 Å². The van der Waals surface area contributed by atoms with Crippen LogP contribution in [0.25, 0.3) is 10.4 Å². The van der Waals surface area contributed by atoms with Crippen LogP contribution in [0.5, 0.6) is 5.75 Å². The van der Waals surface area contributed by atoms with E-state index in [-0.39, 0.29) is 26.4 Å². The molecule has 2 aliphatic rings. The Kier molecular flexibility index (Phi) is 16.0. The first-order chi connectivity index (χ1) is 27.6. The number of aryl methyl sites for hydroxylation is 1. The Bertz CT molecular complexity index is 1810. The van der Waals surface area contributed by atoms with Crippen LogP contribution in [0.15, 0.2) is 103 Å². The lowest BCUT2D eigenvalue weighted by Crippen LogP contribution is -2.67. The Balaban J connectivity index is 1.58. The number of hydrogen-bond acceptors (Lipinski definition) is 14. The molecule has 0 spiro atoms. The zero-order valence-electron chi connectivity index (χ0n) is 32.1. The molecule has 0 bridgehead atoms. The van der Waals surface area contributed by atoms with Crippen molar-refractivity contribution < 1.29 is 61.8 Å². The van der Waals surface area contributed by atoms with E-state index >= 15 is 0 Å². The van der Waals surface area contributed by atoms with E-state index in [2.05, 4.69) is 16.6 Å². The van der Waals surface area contributed by atoms with Gasteiger partial charge in [0.2, 0.25) is 6.29 Å². The molecule has 57 heavy (non-hydrogen) atoms. The molecule has 16 heteroatoms. The lowest BCUT2D eigenvalue weighted by molar-refractivity contribution is -0.340. The molecule has 304 valence electrons. The highest BCUT2D eigenvalue weighted by molar-refractivity contribution is 5.76. The summed E-state index contributed by atoms with van der Waals surface area (Å²) in [6, 6.07) is 24.1. The molecule has 16 nitrogen and oxygen atoms in total. The SMILES string of the molecule is C=CCO[C@H]1[C@H](OCc2ccccc2)[C@@H](N=[N+]=[N-])[C@@H](O[C@H]2[C@H](OCc3ccccc3)[C@@H](OC(C)=O)[C@H](Oc3ccc(C)cc3)O[C@@H]2C(=O)OC)O[C@@H]1COC(C)=O. The van der Waals surface area contributed by atoms with Crippen LogP contribution in [-0.2, 0) is 70.2 Å². The van der Waals surface area contributed by atoms with Gasteiger partial charge in [-0.2, -0.15) is 0 Å². The maximum absolute atomic E-state index is 13.7. The van der Waals surface area contributed by atoms with Crippen molar-refractivity contribution in [3.05, 3.63) is 125 Å². The first kappa shape index (κ1) is 42.8. The number of benzene rings is 3. The fourth-order valence-electron chi connectivity index (χ4n) is 6.40. The summed E-state index contributed by atoms with van der Waals surface area (Å²) in [4.78, 5) is 41.5. The highest BCUT2D eigenvalue weighted by atomic mass is 16.8. The van der Waals surface area contributed by atoms with Crippen molar-refractivity contribution in [1.82, 2.24) is 0 Å². The van der Waals surface area contributed by atoms with Crippen molar-refractivity contribution in [2.75, 3.05) is 20.3 Å². The monoisotopic (exact) mass is 789 g/mol. The summed E-state index contributed by atoms with van der Waals surface area (Å²) in [5.74, 6) is -1.83. The molecular weight excluding hydrogens is 742 g/mol. The summed E-state index contributed by atoms with van der Waals surface area (Å²) in [6.45, 7) is 7.83.